The lowest BCUT2D eigenvalue weighted by Gasteiger charge is -2.43. The maximum Gasteiger partial charge on any atom is 0.261 e. The molecule has 0 radical (unpaired) electrons. The molecule has 1 N–H and O–H groups in total. The molecule has 0 heterocycles. The highest BCUT2D eigenvalue weighted by Gasteiger charge is 2.50. The smallest absolute Gasteiger partial charge is 0.261 e. The Morgan fingerprint density at radius 2 is 1.52 bits per heavy atom. The van der Waals surface area contributed by atoms with Crippen molar-refractivity contribution in [1.82, 2.24) is 0 Å². The van der Waals surface area contributed by atoms with E-state index in [1.54, 1.807) is 7.11 Å². The Hall–Kier alpha value is -1.50. The zero-order valence-electron chi connectivity index (χ0n) is 19.4. The van der Waals surface area contributed by atoms with Crippen LogP contribution in [0.1, 0.15) is 46.5 Å². The zero-order chi connectivity index (χ0) is 22.3. The third kappa shape index (κ3) is 5.85. The van der Waals surface area contributed by atoms with Gasteiger partial charge in [-0.15, -0.1) is 0 Å². The summed E-state index contributed by atoms with van der Waals surface area (Å²) in [7, 11) is -0.863. The monoisotopic (exact) mass is 442 g/mol. The number of aliphatic hydroxyl groups is 1. The predicted molar refractivity (Wildman–Crippen MR) is 129 cm³/mol. The molecule has 1 saturated carbocycles. The Kier molecular flexibility index (Phi) is 8.48. The van der Waals surface area contributed by atoms with E-state index in [9.17, 15) is 5.11 Å². The summed E-state index contributed by atoms with van der Waals surface area (Å²) < 4.78 is 18.8. The van der Waals surface area contributed by atoms with E-state index in [2.05, 4.69) is 81.4 Å². The van der Waals surface area contributed by atoms with E-state index in [0.29, 0.717) is 19.6 Å². The van der Waals surface area contributed by atoms with Crippen LogP contribution in [0.5, 0.6) is 0 Å². The van der Waals surface area contributed by atoms with Crippen molar-refractivity contribution in [3.8, 4) is 0 Å². The first kappa shape index (κ1) is 24.1. The molecule has 0 saturated heterocycles. The minimum Gasteiger partial charge on any atom is -0.405 e. The molecule has 2 aromatic rings. The van der Waals surface area contributed by atoms with Crippen molar-refractivity contribution >= 4 is 18.7 Å². The van der Waals surface area contributed by atoms with E-state index in [1.165, 1.54) is 10.4 Å². The molecular weight excluding hydrogens is 404 g/mol. The van der Waals surface area contributed by atoms with Gasteiger partial charge in [-0.25, -0.2) is 0 Å². The molecule has 0 aliphatic heterocycles. The molecule has 1 aliphatic carbocycles. The summed E-state index contributed by atoms with van der Waals surface area (Å²) >= 11 is 0. The van der Waals surface area contributed by atoms with Gasteiger partial charge in [0, 0.05) is 7.11 Å². The third-order valence-corrected chi connectivity index (χ3v) is 11.4. The van der Waals surface area contributed by atoms with Crippen LogP contribution in [-0.4, -0.2) is 52.1 Å². The molecule has 1 fully saturated rings. The maximum absolute atomic E-state index is 9.92. The van der Waals surface area contributed by atoms with E-state index in [-0.39, 0.29) is 23.4 Å². The minimum atomic E-state index is -2.58. The van der Waals surface area contributed by atoms with Crippen LogP contribution in [0.25, 0.3) is 0 Å². The van der Waals surface area contributed by atoms with Crippen molar-refractivity contribution in [3.63, 3.8) is 0 Å². The largest absolute Gasteiger partial charge is 0.405 e. The van der Waals surface area contributed by atoms with Gasteiger partial charge in [0.1, 0.15) is 6.10 Å². The van der Waals surface area contributed by atoms with Gasteiger partial charge in [-0.3, -0.25) is 0 Å². The molecule has 0 spiro atoms. The molecule has 5 heteroatoms. The Balaban J connectivity index is 1.81. The zero-order valence-corrected chi connectivity index (χ0v) is 20.4. The summed E-state index contributed by atoms with van der Waals surface area (Å²) in [5, 5.41) is 12.4. The van der Waals surface area contributed by atoms with Gasteiger partial charge >= 0.3 is 0 Å². The van der Waals surface area contributed by atoms with Crippen molar-refractivity contribution in [2.45, 2.75) is 69.8 Å². The summed E-state index contributed by atoms with van der Waals surface area (Å²) in [5.41, 5.74) is 0. The lowest BCUT2D eigenvalue weighted by Crippen LogP contribution is -2.67. The number of rotatable bonds is 9. The molecule has 31 heavy (non-hydrogen) atoms. The van der Waals surface area contributed by atoms with E-state index < -0.39 is 8.32 Å². The molecule has 3 rings (SSSR count). The fraction of sp³-hybridized carbons (Fsp3) is 0.538. The van der Waals surface area contributed by atoms with E-state index >= 15 is 0 Å². The number of hydrogen-bond donors (Lipinski definition) is 1. The second-order valence-corrected chi connectivity index (χ2v) is 13.9. The number of methoxy groups -OCH3 is 1. The minimum absolute atomic E-state index is 0.0671. The number of ether oxygens (including phenoxy) is 2. The highest BCUT2D eigenvalue weighted by atomic mass is 28.4. The number of aliphatic hydroxyl groups excluding tert-OH is 1. The SMILES string of the molecule is COC(CO[C@H]1CCC[C@@H](O)C1)CO[Si](c1ccccc1)(c1ccccc1)C(C)(C)C. The molecule has 4 nitrogen and oxygen atoms in total. The molecule has 2 aromatic carbocycles. The van der Waals surface area contributed by atoms with Crippen LogP contribution >= 0.6 is 0 Å². The molecule has 3 atom stereocenters. The van der Waals surface area contributed by atoms with Crippen LogP contribution in [0.15, 0.2) is 60.7 Å². The van der Waals surface area contributed by atoms with Crippen LogP contribution in [-0.2, 0) is 13.9 Å². The van der Waals surface area contributed by atoms with Gasteiger partial charge in [0.15, 0.2) is 0 Å². The van der Waals surface area contributed by atoms with Crippen molar-refractivity contribution in [3.05, 3.63) is 60.7 Å². The van der Waals surface area contributed by atoms with Gasteiger partial charge in [-0.2, -0.15) is 0 Å². The molecule has 1 aliphatic rings. The van der Waals surface area contributed by atoms with Crippen molar-refractivity contribution < 1.29 is 19.0 Å². The fourth-order valence-electron chi connectivity index (χ4n) is 4.68. The van der Waals surface area contributed by atoms with E-state index in [0.717, 1.165) is 19.3 Å². The first-order chi connectivity index (χ1) is 14.9. The standard InChI is InChI=1S/C26H38O4Si/c1-26(2,3)31(24-14-7-5-8-15-24,25-16-9-6-10-17-25)30-20-23(28-4)19-29-22-13-11-12-21(27)18-22/h5-10,14-17,21-23,27H,11-13,18-20H2,1-4H3/t21-,22+,23?/m1/s1. The highest BCUT2D eigenvalue weighted by molar-refractivity contribution is 6.99. The molecule has 0 amide bonds. The highest BCUT2D eigenvalue weighted by Crippen LogP contribution is 2.37. The Morgan fingerprint density at radius 1 is 0.935 bits per heavy atom. The summed E-state index contributed by atoms with van der Waals surface area (Å²) in [6, 6.07) is 21.3. The first-order valence-corrected chi connectivity index (χ1v) is 13.3. The van der Waals surface area contributed by atoms with Gasteiger partial charge in [0.2, 0.25) is 0 Å². The van der Waals surface area contributed by atoms with Gasteiger partial charge in [0.05, 0.1) is 25.4 Å². The molecule has 0 bridgehead atoms. The summed E-state index contributed by atoms with van der Waals surface area (Å²) in [6.45, 7) is 7.79. The second kappa shape index (κ2) is 10.9. The van der Waals surface area contributed by atoms with Crippen LogP contribution < -0.4 is 10.4 Å². The third-order valence-electron chi connectivity index (χ3n) is 6.35. The van der Waals surface area contributed by atoms with Gasteiger partial charge < -0.3 is 19.0 Å². The van der Waals surface area contributed by atoms with Crippen LogP contribution in [0, 0.1) is 0 Å². The number of hydrogen-bond acceptors (Lipinski definition) is 4. The molecule has 0 aromatic heterocycles. The average molecular weight is 443 g/mol. The average Bonchev–Trinajstić information content (AvgIpc) is 2.77. The lowest BCUT2D eigenvalue weighted by molar-refractivity contribution is -0.0685. The Labute approximate surface area is 188 Å². The Morgan fingerprint density at radius 3 is 2.00 bits per heavy atom. The van der Waals surface area contributed by atoms with Crippen molar-refractivity contribution in [2.75, 3.05) is 20.3 Å². The molecule has 1 unspecified atom stereocenters. The summed E-state index contributed by atoms with van der Waals surface area (Å²) in [5.74, 6) is 0. The molecular formula is C26H38O4Si. The summed E-state index contributed by atoms with van der Waals surface area (Å²) in [4.78, 5) is 0. The molecule has 170 valence electrons. The van der Waals surface area contributed by atoms with Crippen LogP contribution in [0.2, 0.25) is 5.04 Å². The van der Waals surface area contributed by atoms with E-state index in [4.69, 9.17) is 13.9 Å². The topological polar surface area (TPSA) is 47.9 Å². The lowest BCUT2D eigenvalue weighted by atomic mass is 9.95. The van der Waals surface area contributed by atoms with Gasteiger partial charge in [-0.1, -0.05) is 81.4 Å². The van der Waals surface area contributed by atoms with E-state index in [1.807, 2.05) is 0 Å². The fourth-order valence-corrected chi connectivity index (χ4v) is 9.27. The van der Waals surface area contributed by atoms with Crippen molar-refractivity contribution in [2.24, 2.45) is 0 Å². The first-order valence-electron chi connectivity index (χ1n) is 11.4. The van der Waals surface area contributed by atoms with Crippen LogP contribution in [0.3, 0.4) is 0 Å². The van der Waals surface area contributed by atoms with Crippen LogP contribution in [0.4, 0.5) is 0 Å². The quantitative estimate of drug-likeness (QED) is 0.599. The summed E-state index contributed by atoms with van der Waals surface area (Å²) in [6.07, 6.45) is 3.32. The van der Waals surface area contributed by atoms with Gasteiger partial charge in [-0.05, 0) is 41.1 Å². The van der Waals surface area contributed by atoms with Crippen molar-refractivity contribution in [1.29, 1.82) is 0 Å². The maximum atomic E-state index is 9.92. The Bertz CT molecular complexity index is 735. The normalized spacial score (nSPS) is 21.1. The predicted octanol–water partition coefficient (Wildman–Crippen LogP) is 3.90. The number of benzene rings is 2. The second-order valence-electron chi connectivity index (χ2n) is 9.61. The van der Waals surface area contributed by atoms with Gasteiger partial charge in [0.25, 0.3) is 8.32 Å².